The number of nitrogens with zero attached hydrogens (tertiary/aromatic N) is 1. The van der Waals surface area contributed by atoms with Gasteiger partial charge in [0.2, 0.25) is 5.91 Å². The van der Waals surface area contributed by atoms with Gasteiger partial charge in [-0.3, -0.25) is 14.4 Å². The first-order valence-electron chi connectivity index (χ1n) is 13.3. The average molecular weight is 634 g/mol. The van der Waals surface area contributed by atoms with Crippen molar-refractivity contribution < 1.29 is 14.4 Å². The van der Waals surface area contributed by atoms with Crippen molar-refractivity contribution in [1.82, 2.24) is 5.32 Å². The Morgan fingerprint density at radius 2 is 1.51 bits per heavy atom. The molecular weight excluding hydrogens is 603 g/mol. The Labute approximate surface area is 265 Å². The van der Waals surface area contributed by atoms with Crippen molar-refractivity contribution >= 4 is 75.8 Å². The Morgan fingerprint density at radius 1 is 0.837 bits per heavy atom. The molecule has 1 atom stereocenters. The molecule has 0 aliphatic heterocycles. The van der Waals surface area contributed by atoms with Gasteiger partial charge >= 0.3 is 0 Å². The zero-order chi connectivity index (χ0) is 30.9. The first kappa shape index (κ1) is 31.7. The number of carbonyl (C=O) groups excluding carboxylic acids is 3. The summed E-state index contributed by atoms with van der Waals surface area (Å²) in [7, 11) is 3.89. The van der Waals surface area contributed by atoms with Crippen LogP contribution in [0.5, 0.6) is 0 Å². The summed E-state index contributed by atoms with van der Waals surface area (Å²) in [6.07, 6.45) is 1.63. The Balaban J connectivity index is 1.44. The second kappa shape index (κ2) is 14.8. The highest BCUT2D eigenvalue weighted by atomic mass is 35.5. The van der Waals surface area contributed by atoms with Crippen molar-refractivity contribution in [2.24, 2.45) is 0 Å². The van der Waals surface area contributed by atoms with Gasteiger partial charge in [0, 0.05) is 41.0 Å². The van der Waals surface area contributed by atoms with Gasteiger partial charge in [0.25, 0.3) is 11.8 Å². The zero-order valence-electron chi connectivity index (χ0n) is 23.7. The van der Waals surface area contributed by atoms with E-state index in [2.05, 4.69) is 16.0 Å². The van der Waals surface area contributed by atoms with Crippen LogP contribution in [0.2, 0.25) is 10.0 Å². The van der Waals surface area contributed by atoms with E-state index in [9.17, 15) is 14.4 Å². The number of thioether (sulfide) groups is 1. The molecule has 10 heteroatoms. The molecule has 220 valence electrons. The van der Waals surface area contributed by atoms with E-state index in [1.807, 2.05) is 61.5 Å². The zero-order valence-corrected chi connectivity index (χ0v) is 26.1. The van der Waals surface area contributed by atoms with Crippen LogP contribution in [0.4, 0.5) is 17.1 Å². The third kappa shape index (κ3) is 9.12. The van der Waals surface area contributed by atoms with E-state index in [4.69, 9.17) is 23.2 Å². The molecule has 0 heterocycles. The van der Waals surface area contributed by atoms with E-state index in [1.165, 1.54) is 11.8 Å². The Kier molecular flexibility index (Phi) is 10.9. The van der Waals surface area contributed by atoms with Gasteiger partial charge in [-0.25, -0.2) is 0 Å². The number of halogens is 2. The summed E-state index contributed by atoms with van der Waals surface area (Å²) in [5.74, 6) is -1.09. The molecule has 0 fully saturated rings. The summed E-state index contributed by atoms with van der Waals surface area (Å²) in [5.41, 5.74) is 3.30. The maximum Gasteiger partial charge on any atom is 0.272 e. The molecule has 0 spiro atoms. The van der Waals surface area contributed by atoms with E-state index in [0.29, 0.717) is 27.0 Å². The fraction of sp³-hybridized carbons (Fsp3) is 0.121. The van der Waals surface area contributed by atoms with Crippen LogP contribution in [0.1, 0.15) is 22.8 Å². The summed E-state index contributed by atoms with van der Waals surface area (Å²) in [6.45, 7) is 1.79. The van der Waals surface area contributed by atoms with E-state index < -0.39 is 17.1 Å². The Hall–Kier alpha value is -4.24. The van der Waals surface area contributed by atoms with Crippen LogP contribution in [0.3, 0.4) is 0 Å². The summed E-state index contributed by atoms with van der Waals surface area (Å²) >= 11 is 13.5. The second-order valence-electron chi connectivity index (χ2n) is 9.72. The number of hydrogen-bond acceptors (Lipinski definition) is 5. The molecular formula is C33H30Cl2N4O3S. The molecule has 1 unspecified atom stereocenters. The largest absolute Gasteiger partial charge is 0.378 e. The molecule has 0 saturated heterocycles. The highest BCUT2D eigenvalue weighted by molar-refractivity contribution is 8.00. The summed E-state index contributed by atoms with van der Waals surface area (Å²) < 4.78 is 0. The quantitative estimate of drug-likeness (QED) is 0.124. The molecule has 4 aromatic rings. The maximum absolute atomic E-state index is 13.4. The van der Waals surface area contributed by atoms with E-state index in [1.54, 1.807) is 67.6 Å². The average Bonchev–Trinajstić information content (AvgIpc) is 2.99. The van der Waals surface area contributed by atoms with Crippen LogP contribution in [0, 0.1) is 0 Å². The molecule has 0 aromatic heterocycles. The molecule has 43 heavy (non-hydrogen) atoms. The van der Waals surface area contributed by atoms with Gasteiger partial charge in [-0.15, -0.1) is 11.8 Å². The van der Waals surface area contributed by atoms with Crippen LogP contribution in [-0.2, 0) is 9.59 Å². The minimum absolute atomic E-state index is 0.0936. The predicted molar refractivity (Wildman–Crippen MR) is 178 cm³/mol. The molecule has 0 aliphatic carbocycles. The monoisotopic (exact) mass is 632 g/mol. The van der Waals surface area contributed by atoms with Crippen molar-refractivity contribution in [2.75, 3.05) is 29.6 Å². The van der Waals surface area contributed by atoms with Crippen molar-refractivity contribution in [2.45, 2.75) is 17.1 Å². The molecule has 7 nitrogen and oxygen atoms in total. The van der Waals surface area contributed by atoms with Gasteiger partial charge < -0.3 is 20.9 Å². The van der Waals surface area contributed by atoms with Crippen molar-refractivity contribution in [3.05, 3.63) is 124 Å². The first-order valence-corrected chi connectivity index (χ1v) is 14.9. The highest BCUT2D eigenvalue weighted by Gasteiger charge is 2.18. The van der Waals surface area contributed by atoms with Crippen LogP contribution in [-0.4, -0.2) is 37.1 Å². The van der Waals surface area contributed by atoms with E-state index in [0.717, 1.165) is 16.1 Å². The van der Waals surface area contributed by atoms with Crippen LogP contribution in [0.15, 0.2) is 108 Å². The van der Waals surface area contributed by atoms with Gasteiger partial charge in [-0.05, 0) is 85.3 Å². The first-order chi connectivity index (χ1) is 20.6. The van der Waals surface area contributed by atoms with Crippen LogP contribution >= 0.6 is 35.0 Å². The van der Waals surface area contributed by atoms with Gasteiger partial charge in [0.05, 0.1) is 16.0 Å². The molecule has 0 saturated carbocycles. The van der Waals surface area contributed by atoms with Crippen LogP contribution in [0.25, 0.3) is 6.08 Å². The lowest BCUT2D eigenvalue weighted by Gasteiger charge is -2.14. The van der Waals surface area contributed by atoms with E-state index >= 15 is 0 Å². The lowest BCUT2D eigenvalue weighted by atomic mass is 10.1. The smallest absolute Gasteiger partial charge is 0.272 e. The third-order valence-electron chi connectivity index (χ3n) is 6.23. The fourth-order valence-electron chi connectivity index (χ4n) is 3.88. The second-order valence-corrected chi connectivity index (χ2v) is 12.0. The maximum atomic E-state index is 13.4. The fourth-order valence-corrected chi connectivity index (χ4v) is 5.20. The number of rotatable bonds is 10. The number of amides is 3. The van der Waals surface area contributed by atoms with Crippen molar-refractivity contribution in [1.29, 1.82) is 0 Å². The lowest BCUT2D eigenvalue weighted by Crippen LogP contribution is -2.30. The third-order valence-corrected chi connectivity index (χ3v) is 7.89. The normalized spacial score (nSPS) is 11.8. The number of nitrogens with one attached hydrogen (secondary N) is 3. The Morgan fingerprint density at radius 3 is 2.14 bits per heavy atom. The minimum Gasteiger partial charge on any atom is -0.378 e. The number of anilines is 3. The summed E-state index contributed by atoms with van der Waals surface area (Å²) in [6, 6.07) is 28.3. The molecule has 3 N–H and O–H groups in total. The molecule has 4 rings (SSSR count). The Bertz CT molecular complexity index is 1630. The lowest BCUT2D eigenvalue weighted by molar-refractivity contribution is -0.115. The molecule has 3 amide bonds. The number of carbonyl (C=O) groups is 3. The highest BCUT2D eigenvalue weighted by Crippen LogP contribution is 2.29. The molecule has 0 radical (unpaired) electrons. The molecule has 0 aliphatic rings. The number of hydrogen-bond donors (Lipinski definition) is 3. The minimum atomic E-state index is -0.478. The molecule has 4 aromatic carbocycles. The van der Waals surface area contributed by atoms with Crippen LogP contribution < -0.4 is 20.9 Å². The SMILES string of the molecule is CC(Sc1ccc(NC(=O)/C(=C/c2ccc(N(C)C)cc2)NC(=O)c2ccccc2)cc1)C(=O)Nc1ccc(Cl)cc1Cl. The van der Waals surface area contributed by atoms with Gasteiger partial charge in [0.15, 0.2) is 0 Å². The molecule has 0 bridgehead atoms. The van der Waals surface area contributed by atoms with Gasteiger partial charge in [-0.2, -0.15) is 0 Å². The van der Waals surface area contributed by atoms with Crippen molar-refractivity contribution in [3.63, 3.8) is 0 Å². The number of benzene rings is 4. The predicted octanol–water partition coefficient (Wildman–Crippen LogP) is 7.59. The summed E-state index contributed by atoms with van der Waals surface area (Å²) in [5, 5.41) is 8.83. The van der Waals surface area contributed by atoms with E-state index in [-0.39, 0.29) is 11.6 Å². The summed E-state index contributed by atoms with van der Waals surface area (Å²) in [4.78, 5) is 41.8. The standard InChI is InChI=1S/C33H30Cl2N4O3S/c1-21(31(40)37-29-18-11-24(34)20-28(29)35)43-27-16-12-25(13-17-27)36-33(42)30(38-32(41)23-7-5-4-6-8-23)19-22-9-14-26(15-10-22)39(2)3/h4-21H,1-3H3,(H,36,42)(H,37,40)(H,38,41)/b30-19-. The van der Waals surface area contributed by atoms with Gasteiger partial charge in [-0.1, -0.05) is 53.5 Å². The van der Waals surface area contributed by atoms with Crippen molar-refractivity contribution in [3.8, 4) is 0 Å². The van der Waals surface area contributed by atoms with Gasteiger partial charge in [0.1, 0.15) is 5.70 Å². The topological polar surface area (TPSA) is 90.5 Å².